The molecular formula is C29H28N2. The highest BCUT2D eigenvalue weighted by Crippen LogP contribution is 2.54. The lowest BCUT2D eigenvalue weighted by Crippen LogP contribution is -2.27. The Bertz CT molecular complexity index is 1060. The first kappa shape index (κ1) is 19.6. The summed E-state index contributed by atoms with van der Waals surface area (Å²) in [5.74, 6) is 1.33. The van der Waals surface area contributed by atoms with Gasteiger partial charge in [0.05, 0.1) is 6.04 Å². The lowest BCUT2D eigenvalue weighted by atomic mass is 9.74. The summed E-state index contributed by atoms with van der Waals surface area (Å²) in [4.78, 5) is 4.88. The number of para-hydroxylation sites is 1. The fraction of sp³-hybridized carbons (Fsp3) is 0.207. The minimum atomic E-state index is 0.115. The number of nitrogens with one attached hydrogen (secondary N) is 1. The molecule has 1 heterocycles. The topological polar surface area (TPSA) is 24.9 Å². The second kappa shape index (κ2) is 9.18. The van der Waals surface area contributed by atoms with Crippen molar-refractivity contribution in [2.75, 3.05) is 5.32 Å². The van der Waals surface area contributed by atoms with Crippen LogP contribution in [0.15, 0.2) is 115 Å². The largest absolute Gasteiger partial charge is 0.378 e. The first-order chi connectivity index (χ1) is 15.4. The van der Waals surface area contributed by atoms with E-state index in [4.69, 9.17) is 4.98 Å². The fourth-order valence-electron chi connectivity index (χ4n) is 4.79. The molecule has 1 N–H and O–H groups in total. The Morgan fingerprint density at radius 1 is 0.645 bits per heavy atom. The third kappa shape index (κ3) is 4.54. The van der Waals surface area contributed by atoms with Gasteiger partial charge < -0.3 is 5.32 Å². The lowest BCUT2D eigenvalue weighted by molar-refractivity contribution is 0.431. The van der Waals surface area contributed by atoms with Gasteiger partial charge in [-0.15, -0.1) is 0 Å². The van der Waals surface area contributed by atoms with Crippen LogP contribution in [0.2, 0.25) is 0 Å². The molecule has 0 aliphatic heterocycles. The summed E-state index contributed by atoms with van der Waals surface area (Å²) in [6, 6.07) is 38.9. The summed E-state index contributed by atoms with van der Waals surface area (Å²) in [5.41, 5.74) is 5.00. The van der Waals surface area contributed by atoms with E-state index in [0.29, 0.717) is 11.8 Å². The quantitative estimate of drug-likeness (QED) is 0.335. The third-order valence-electron chi connectivity index (χ3n) is 6.34. The Hall–Kier alpha value is -3.39. The van der Waals surface area contributed by atoms with Crippen LogP contribution in [0.3, 0.4) is 0 Å². The van der Waals surface area contributed by atoms with Gasteiger partial charge in [-0.2, -0.15) is 0 Å². The number of hydrogen-bond acceptors (Lipinski definition) is 2. The SMILES string of the molecule is c1ccc(NC(c2ccccc2)C(c2ccccn2)C(c2ccccc2)C2CC2)cc1. The second-order valence-corrected chi connectivity index (χ2v) is 8.45. The molecule has 5 rings (SSSR count). The first-order valence-corrected chi connectivity index (χ1v) is 11.2. The highest BCUT2D eigenvalue weighted by molar-refractivity contribution is 5.47. The average Bonchev–Trinajstić information content (AvgIpc) is 3.69. The van der Waals surface area contributed by atoms with E-state index in [1.807, 2.05) is 12.3 Å². The lowest BCUT2D eigenvalue weighted by Gasteiger charge is -2.35. The summed E-state index contributed by atoms with van der Waals surface area (Å²) < 4.78 is 0. The van der Waals surface area contributed by atoms with Crippen molar-refractivity contribution in [3.8, 4) is 0 Å². The van der Waals surface area contributed by atoms with Gasteiger partial charge in [-0.25, -0.2) is 0 Å². The maximum Gasteiger partial charge on any atom is 0.0603 e. The van der Waals surface area contributed by atoms with Crippen molar-refractivity contribution in [2.45, 2.75) is 30.7 Å². The Kier molecular flexibility index (Phi) is 5.79. The van der Waals surface area contributed by atoms with Gasteiger partial charge in [-0.05, 0) is 60.1 Å². The van der Waals surface area contributed by atoms with Gasteiger partial charge in [-0.1, -0.05) is 84.9 Å². The smallest absolute Gasteiger partial charge is 0.0603 e. The molecule has 3 atom stereocenters. The number of rotatable bonds is 8. The van der Waals surface area contributed by atoms with E-state index in [-0.39, 0.29) is 12.0 Å². The first-order valence-electron chi connectivity index (χ1n) is 11.2. The van der Waals surface area contributed by atoms with Gasteiger partial charge in [0.25, 0.3) is 0 Å². The minimum Gasteiger partial charge on any atom is -0.378 e. The standard InChI is InChI=1S/C29H28N2/c1-4-12-22(13-5-1)27(23-19-20-23)28(26-18-10-11-21-30-26)29(24-14-6-2-7-15-24)31-25-16-8-3-9-17-25/h1-18,21,23,27-29,31H,19-20H2. The van der Waals surface area contributed by atoms with Gasteiger partial charge in [-0.3, -0.25) is 4.98 Å². The predicted octanol–water partition coefficient (Wildman–Crippen LogP) is 7.21. The van der Waals surface area contributed by atoms with Crippen molar-refractivity contribution in [3.05, 3.63) is 132 Å². The number of aromatic nitrogens is 1. The van der Waals surface area contributed by atoms with Crippen LogP contribution in [0.5, 0.6) is 0 Å². The molecular weight excluding hydrogens is 376 g/mol. The van der Waals surface area contributed by atoms with E-state index < -0.39 is 0 Å². The van der Waals surface area contributed by atoms with E-state index in [0.717, 1.165) is 11.4 Å². The highest BCUT2D eigenvalue weighted by atomic mass is 14.9. The Morgan fingerprint density at radius 2 is 1.23 bits per heavy atom. The van der Waals surface area contributed by atoms with E-state index in [9.17, 15) is 0 Å². The van der Waals surface area contributed by atoms with Gasteiger partial charge in [0, 0.05) is 23.5 Å². The molecule has 31 heavy (non-hydrogen) atoms. The monoisotopic (exact) mass is 404 g/mol. The molecule has 4 aromatic rings. The molecule has 1 aliphatic rings. The normalized spacial score (nSPS) is 16.3. The molecule has 1 saturated carbocycles. The summed E-state index contributed by atoms with van der Waals surface area (Å²) in [7, 11) is 0. The number of hydrogen-bond donors (Lipinski definition) is 1. The molecule has 0 amide bonds. The van der Waals surface area contributed by atoms with Crippen molar-refractivity contribution in [2.24, 2.45) is 5.92 Å². The van der Waals surface area contributed by atoms with Crippen LogP contribution in [-0.2, 0) is 0 Å². The Balaban J connectivity index is 1.65. The molecule has 0 saturated heterocycles. The number of nitrogens with zero attached hydrogens (tertiary/aromatic N) is 1. The average molecular weight is 405 g/mol. The van der Waals surface area contributed by atoms with Crippen LogP contribution in [0, 0.1) is 5.92 Å². The van der Waals surface area contributed by atoms with Crippen LogP contribution < -0.4 is 5.32 Å². The van der Waals surface area contributed by atoms with Gasteiger partial charge >= 0.3 is 0 Å². The van der Waals surface area contributed by atoms with Crippen LogP contribution in [-0.4, -0.2) is 4.98 Å². The number of anilines is 1. The van der Waals surface area contributed by atoms with Crippen molar-refractivity contribution < 1.29 is 0 Å². The number of benzene rings is 3. The molecule has 2 nitrogen and oxygen atoms in total. The zero-order valence-corrected chi connectivity index (χ0v) is 17.6. The van der Waals surface area contributed by atoms with Crippen molar-refractivity contribution in [1.29, 1.82) is 0 Å². The Labute approximate surface area is 185 Å². The van der Waals surface area contributed by atoms with E-state index >= 15 is 0 Å². The summed E-state index contributed by atoms with van der Waals surface area (Å²) in [5, 5.41) is 3.89. The molecule has 0 bridgehead atoms. The molecule has 1 fully saturated rings. The van der Waals surface area contributed by atoms with E-state index in [1.54, 1.807) is 0 Å². The zero-order chi connectivity index (χ0) is 20.9. The van der Waals surface area contributed by atoms with Crippen molar-refractivity contribution in [3.63, 3.8) is 0 Å². The van der Waals surface area contributed by atoms with Crippen molar-refractivity contribution >= 4 is 5.69 Å². The third-order valence-corrected chi connectivity index (χ3v) is 6.34. The second-order valence-electron chi connectivity index (χ2n) is 8.45. The van der Waals surface area contributed by atoms with Gasteiger partial charge in [0.2, 0.25) is 0 Å². The summed E-state index contributed by atoms with van der Waals surface area (Å²) >= 11 is 0. The summed E-state index contributed by atoms with van der Waals surface area (Å²) in [6.45, 7) is 0. The molecule has 0 radical (unpaired) electrons. The molecule has 0 spiro atoms. The molecule has 3 aromatic carbocycles. The predicted molar refractivity (Wildman–Crippen MR) is 128 cm³/mol. The van der Waals surface area contributed by atoms with Gasteiger partial charge in [0.1, 0.15) is 0 Å². The molecule has 3 unspecified atom stereocenters. The van der Waals surface area contributed by atoms with E-state index in [2.05, 4.69) is 108 Å². The van der Waals surface area contributed by atoms with Crippen LogP contribution in [0.4, 0.5) is 5.69 Å². The van der Waals surface area contributed by atoms with Crippen molar-refractivity contribution in [1.82, 2.24) is 4.98 Å². The van der Waals surface area contributed by atoms with Crippen LogP contribution >= 0.6 is 0 Å². The minimum absolute atomic E-state index is 0.115. The summed E-state index contributed by atoms with van der Waals surface area (Å²) in [6.07, 6.45) is 4.51. The van der Waals surface area contributed by atoms with Crippen LogP contribution in [0.25, 0.3) is 0 Å². The highest BCUT2D eigenvalue weighted by Gasteiger charge is 2.42. The maximum absolute atomic E-state index is 4.88. The molecule has 1 aromatic heterocycles. The van der Waals surface area contributed by atoms with Gasteiger partial charge in [0.15, 0.2) is 0 Å². The van der Waals surface area contributed by atoms with E-state index in [1.165, 1.54) is 24.0 Å². The fourth-order valence-corrected chi connectivity index (χ4v) is 4.79. The molecule has 154 valence electrons. The number of pyridine rings is 1. The Morgan fingerprint density at radius 3 is 1.81 bits per heavy atom. The molecule has 2 heteroatoms. The zero-order valence-electron chi connectivity index (χ0n) is 17.6. The van der Waals surface area contributed by atoms with Crippen LogP contribution in [0.1, 0.15) is 47.5 Å². The molecule has 1 aliphatic carbocycles. The maximum atomic E-state index is 4.88.